The third-order valence-corrected chi connectivity index (χ3v) is 4.72. The van der Waals surface area contributed by atoms with Crippen LogP contribution in [0.3, 0.4) is 0 Å². The van der Waals surface area contributed by atoms with Crippen LogP contribution < -0.4 is 11.2 Å². The molecule has 0 amide bonds. The fourth-order valence-corrected chi connectivity index (χ4v) is 3.46. The number of hydrogen-bond acceptors (Lipinski definition) is 5. The van der Waals surface area contributed by atoms with Gasteiger partial charge in [0.15, 0.2) is 0 Å². The van der Waals surface area contributed by atoms with Crippen LogP contribution >= 0.6 is 0 Å². The van der Waals surface area contributed by atoms with Gasteiger partial charge < -0.3 is 0 Å². The molecule has 0 unspecified atom stereocenters. The molecular weight excluding hydrogens is 258 g/mol. The van der Waals surface area contributed by atoms with Gasteiger partial charge in [-0.25, -0.2) is 13.2 Å². The van der Waals surface area contributed by atoms with Gasteiger partial charge >= 0.3 is 5.69 Å². The Morgan fingerprint density at radius 2 is 1.94 bits per heavy atom. The second-order valence-corrected chi connectivity index (χ2v) is 6.51. The maximum Gasteiger partial charge on any atom is 0.328 e. The Hall–Kier alpha value is -1.88. The van der Waals surface area contributed by atoms with E-state index >= 15 is 0 Å². The number of rotatable bonds is 1. The number of aromatic amines is 1. The van der Waals surface area contributed by atoms with Crippen molar-refractivity contribution in [1.82, 2.24) is 9.55 Å². The molecule has 2 heterocycles. The van der Waals surface area contributed by atoms with Gasteiger partial charge in [-0.3, -0.25) is 14.3 Å². The van der Waals surface area contributed by atoms with Crippen molar-refractivity contribution < 1.29 is 8.42 Å². The summed E-state index contributed by atoms with van der Waals surface area (Å²) < 4.78 is 23.8. The summed E-state index contributed by atoms with van der Waals surface area (Å²) in [7, 11) is -3.01. The molecule has 0 atom stereocenters. The minimum Gasteiger partial charge on any atom is -0.296 e. The standard InChI is InChI=1S/C10H11N3O4S/c11-5-7-6-13(10(15)12-9(7)14)8-1-3-18(16,17)4-2-8/h6,8H,1-4H2,(H,12,14,15). The Morgan fingerprint density at radius 3 is 2.50 bits per heavy atom. The van der Waals surface area contributed by atoms with E-state index in [4.69, 9.17) is 5.26 Å². The van der Waals surface area contributed by atoms with E-state index in [0.717, 1.165) is 0 Å². The van der Waals surface area contributed by atoms with E-state index in [1.54, 1.807) is 6.07 Å². The molecule has 1 aromatic heterocycles. The smallest absolute Gasteiger partial charge is 0.296 e. The number of aromatic nitrogens is 2. The SMILES string of the molecule is N#Cc1cn(C2CCS(=O)(=O)CC2)c(=O)[nH]c1=O. The number of nitrogens with one attached hydrogen (secondary N) is 1. The van der Waals surface area contributed by atoms with Crippen molar-refractivity contribution in [1.29, 1.82) is 5.26 Å². The van der Waals surface area contributed by atoms with Crippen LogP contribution in [0.4, 0.5) is 0 Å². The normalized spacial score (nSPS) is 19.3. The lowest BCUT2D eigenvalue weighted by molar-refractivity contribution is 0.431. The van der Waals surface area contributed by atoms with Gasteiger partial charge in [0.05, 0.1) is 11.5 Å². The molecule has 0 radical (unpaired) electrons. The van der Waals surface area contributed by atoms with Gasteiger partial charge in [0.25, 0.3) is 5.56 Å². The van der Waals surface area contributed by atoms with Gasteiger partial charge in [-0.1, -0.05) is 0 Å². The van der Waals surface area contributed by atoms with Crippen molar-refractivity contribution in [3.63, 3.8) is 0 Å². The van der Waals surface area contributed by atoms with Crippen molar-refractivity contribution in [3.8, 4) is 6.07 Å². The van der Waals surface area contributed by atoms with Crippen LogP contribution in [0.5, 0.6) is 0 Å². The third kappa shape index (κ3) is 2.36. The number of nitriles is 1. The van der Waals surface area contributed by atoms with Crippen molar-refractivity contribution >= 4 is 9.84 Å². The van der Waals surface area contributed by atoms with Gasteiger partial charge in [0.1, 0.15) is 21.5 Å². The summed E-state index contributed by atoms with van der Waals surface area (Å²) in [5, 5.41) is 8.73. The van der Waals surface area contributed by atoms with E-state index < -0.39 is 21.1 Å². The first-order valence-corrected chi connectivity index (χ1v) is 7.21. The Labute approximate surface area is 103 Å². The second kappa shape index (κ2) is 4.42. The number of H-pyrrole nitrogens is 1. The van der Waals surface area contributed by atoms with Crippen LogP contribution in [0, 0.1) is 11.3 Å². The average Bonchev–Trinajstić information content (AvgIpc) is 2.30. The van der Waals surface area contributed by atoms with Gasteiger partial charge in [-0.2, -0.15) is 5.26 Å². The van der Waals surface area contributed by atoms with Crippen LogP contribution in [0.15, 0.2) is 15.8 Å². The highest BCUT2D eigenvalue weighted by Gasteiger charge is 2.25. The molecule has 1 aliphatic heterocycles. The van der Waals surface area contributed by atoms with Gasteiger partial charge in [0.2, 0.25) is 0 Å². The summed E-state index contributed by atoms with van der Waals surface area (Å²) >= 11 is 0. The lowest BCUT2D eigenvalue weighted by Crippen LogP contribution is -2.36. The first-order chi connectivity index (χ1) is 8.43. The molecule has 1 aromatic rings. The number of nitrogens with zero attached hydrogens (tertiary/aromatic N) is 2. The molecule has 0 aliphatic carbocycles. The Kier molecular flexibility index (Phi) is 3.09. The highest BCUT2D eigenvalue weighted by molar-refractivity contribution is 7.91. The fraction of sp³-hybridized carbons (Fsp3) is 0.500. The zero-order valence-electron chi connectivity index (χ0n) is 9.42. The lowest BCUT2D eigenvalue weighted by Gasteiger charge is -2.23. The lowest BCUT2D eigenvalue weighted by atomic mass is 10.1. The number of hydrogen-bond donors (Lipinski definition) is 1. The molecule has 1 aliphatic rings. The topological polar surface area (TPSA) is 113 Å². The Balaban J connectivity index is 2.39. The Morgan fingerprint density at radius 1 is 1.33 bits per heavy atom. The molecule has 2 rings (SSSR count). The molecule has 1 fully saturated rings. The van der Waals surface area contributed by atoms with Crippen molar-refractivity contribution in [2.24, 2.45) is 0 Å². The van der Waals surface area contributed by atoms with E-state index in [9.17, 15) is 18.0 Å². The van der Waals surface area contributed by atoms with E-state index in [2.05, 4.69) is 4.98 Å². The number of sulfone groups is 1. The molecule has 0 saturated carbocycles. The molecule has 0 spiro atoms. The first kappa shape index (κ1) is 12.6. The summed E-state index contributed by atoms with van der Waals surface area (Å²) in [6.07, 6.45) is 1.84. The third-order valence-electron chi connectivity index (χ3n) is 3.01. The summed E-state index contributed by atoms with van der Waals surface area (Å²) in [5.74, 6) is 0.0379. The van der Waals surface area contributed by atoms with Gasteiger partial charge in [0, 0.05) is 12.2 Å². The molecule has 18 heavy (non-hydrogen) atoms. The van der Waals surface area contributed by atoms with Crippen LogP contribution in [-0.2, 0) is 9.84 Å². The molecule has 0 aromatic carbocycles. The molecular formula is C10H11N3O4S. The van der Waals surface area contributed by atoms with Crippen LogP contribution in [0.25, 0.3) is 0 Å². The predicted molar refractivity (Wildman–Crippen MR) is 63.0 cm³/mol. The minimum atomic E-state index is -3.01. The fourth-order valence-electron chi connectivity index (χ4n) is 1.99. The van der Waals surface area contributed by atoms with Crippen LogP contribution in [-0.4, -0.2) is 29.5 Å². The summed E-state index contributed by atoms with van der Waals surface area (Å²) in [4.78, 5) is 24.9. The first-order valence-electron chi connectivity index (χ1n) is 5.39. The molecule has 1 N–H and O–H groups in total. The summed E-state index contributed by atoms with van der Waals surface area (Å²) in [6, 6.07) is 1.41. The van der Waals surface area contributed by atoms with Gasteiger partial charge in [-0.15, -0.1) is 0 Å². The molecule has 96 valence electrons. The maximum absolute atomic E-state index is 11.6. The van der Waals surface area contributed by atoms with E-state index in [1.807, 2.05) is 0 Å². The van der Waals surface area contributed by atoms with E-state index in [0.29, 0.717) is 12.8 Å². The Bertz CT molecular complexity index is 709. The van der Waals surface area contributed by atoms with E-state index in [1.165, 1.54) is 10.8 Å². The van der Waals surface area contributed by atoms with Gasteiger partial charge in [-0.05, 0) is 12.8 Å². The van der Waals surface area contributed by atoms with E-state index in [-0.39, 0.29) is 23.1 Å². The average molecular weight is 269 g/mol. The highest BCUT2D eigenvalue weighted by atomic mass is 32.2. The summed E-state index contributed by atoms with van der Waals surface area (Å²) in [5.41, 5.74) is -1.48. The van der Waals surface area contributed by atoms with Crippen molar-refractivity contribution in [2.75, 3.05) is 11.5 Å². The molecule has 8 heteroatoms. The molecule has 0 bridgehead atoms. The maximum atomic E-state index is 11.6. The predicted octanol–water partition coefficient (Wildman–Crippen LogP) is -0.842. The van der Waals surface area contributed by atoms with Crippen molar-refractivity contribution in [3.05, 3.63) is 32.6 Å². The highest BCUT2D eigenvalue weighted by Crippen LogP contribution is 2.22. The zero-order chi connectivity index (χ0) is 13.3. The molecule has 7 nitrogen and oxygen atoms in total. The summed E-state index contributed by atoms with van der Waals surface area (Å²) in [6.45, 7) is 0. The van der Waals surface area contributed by atoms with Crippen LogP contribution in [0.2, 0.25) is 0 Å². The zero-order valence-corrected chi connectivity index (χ0v) is 10.2. The second-order valence-electron chi connectivity index (χ2n) is 4.20. The van der Waals surface area contributed by atoms with Crippen LogP contribution in [0.1, 0.15) is 24.4 Å². The minimum absolute atomic E-state index is 0.0190. The quantitative estimate of drug-likeness (QED) is 0.714. The largest absolute Gasteiger partial charge is 0.328 e. The van der Waals surface area contributed by atoms with Crippen molar-refractivity contribution in [2.45, 2.75) is 18.9 Å². The monoisotopic (exact) mass is 269 g/mol. The molecule has 1 saturated heterocycles.